The molecule has 0 amide bonds. The van der Waals surface area contributed by atoms with Crippen molar-refractivity contribution in [3.8, 4) is 5.75 Å². The van der Waals surface area contributed by atoms with Crippen LogP contribution in [-0.4, -0.2) is 4.98 Å². The van der Waals surface area contributed by atoms with Gasteiger partial charge in [0.2, 0.25) is 0 Å². The number of benzene rings is 1. The molecule has 3 N–H and O–H groups in total. The molecule has 4 nitrogen and oxygen atoms in total. The van der Waals surface area contributed by atoms with E-state index in [0.717, 1.165) is 15.9 Å². The summed E-state index contributed by atoms with van der Waals surface area (Å²) in [6.07, 6.45) is 0. The van der Waals surface area contributed by atoms with Crippen LogP contribution in [0, 0.1) is 0 Å². The molecule has 0 unspecified atom stereocenters. The zero-order valence-corrected chi connectivity index (χ0v) is 10.6. The molecule has 88 valence electrons. The van der Waals surface area contributed by atoms with Gasteiger partial charge < -0.3 is 10.2 Å². The highest BCUT2D eigenvalue weighted by Gasteiger charge is 1.98. The van der Waals surface area contributed by atoms with Gasteiger partial charge in [0.15, 0.2) is 0 Å². The van der Waals surface area contributed by atoms with E-state index in [4.69, 9.17) is 10.6 Å². The fourth-order valence-electron chi connectivity index (χ4n) is 1.33. The monoisotopic (exact) mass is 293 g/mol. The Hall–Kier alpha value is -1.59. The summed E-state index contributed by atoms with van der Waals surface area (Å²) >= 11 is 3.37. The lowest BCUT2D eigenvalue weighted by molar-refractivity contribution is 0.301. The summed E-state index contributed by atoms with van der Waals surface area (Å²) in [4.78, 5) is 4.25. The Bertz CT molecular complexity index is 487. The third kappa shape index (κ3) is 3.44. The third-order valence-corrected chi connectivity index (χ3v) is 2.68. The Balaban J connectivity index is 1.99. The van der Waals surface area contributed by atoms with E-state index in [0.29, 0.717) is 12.4 Å². The Kier molecular flexibility index (Phi) is 3.95. The van der Waals surface area contributed by atoms with Crippen molar-refractivity contribution in [2.24, 2.45) is 5.84 Å². The highest BCUT2D eigenvalue weighted by atomic mass is 79.9. The van der Waals surface area contributed by atoms with E-state index >= 15 is 0 Å². The van der Waals surface area contributed by atoms with Gasteiger partial charge in [-0.15, -0.1) is 0 Å². The number of nitrogens with zero attached hydrogens (tertiary/aromatic N) is 1. The molecule has 1 heterocycles. The number of aromatic nitrogens is 1. The topological polar surface area (TPSA) is 60.2 Å². The highest BCUT2D eigenvalue weighted by molar-refractivity contribution is 9.10. The summed E-state index contributed by atoms with van der Waals surface area (Å²) in [5.41, 5.74) is 3.32. The van der Waals surface area contributed by atoms with E-state index in [9.17, 15) is 0 Å². The number of pyridine rings is 1. The van der Waals surface area contributed by atoms with Gasteiger partial charge in [-0.25, -0.2) is 10.8 Å². The summed E-state index contributed by atoms with van der Waals surface area (Å²) in [5, 5.41) is 0. The van der Waals surface area contributed by atoms with Crippen LogP contribution >= 0.6 is 15.9 Å². The Labute approximate surface area is 108 Å². The van der Waals surface area contributed by atoms with Crippen LogP contribution in [0.15, 0.2) is 46.9 Å². The van der Waals surface area contributed by atoms with Crippen LogP contribution in [0.1, 0.15) is 5.69 Å². The van der Waals surface area contributed by atoms with Crippen LogP contribution in [0.3, 0.4) is 0 Å². The molecule has 0 saturated heterocycles. The molecule has 0 atom stereocenters. The van der Waals surface area contributed by atoms with Gasteiger partial charge in [-0.2, -0.15) is 0 Å². The summed E-state index contributed by atoms with van der Waals surface area (Å²) in [5.74, 6) is 6.72. The van der Waals surface area contributed by atoms with Crippen molar-refractivity contribution < 1.29 is 4.74 Å². The van der Waals surface area contributed by atoms with E-state index < -0.39 is 0 Å². The summed E-state index contributed by atoms with van der Waals surface area (Å²) in [7, 11) is 0. The van der Waals surface area contributed by atoms with Crippen molar-refractivity contribution in [1.29, 1.82) is 0 Å². The second kappa shape index (κ2) is 5.65. The van der Waals surface area contributed by atoms with Crippen LogP contribution in [-0.2, 0) is 6.61 Å². The summed E-state index contributed by atoms with van der Waals surface area (Å²) in [6.45, 7) is 0.414. The molecule has 0 aliphatic carbocycles. The molecule has 0 aliphatic rings. The number of hydrogen-bond acceptors (Lipinski definition) is 4. The first-order valence-electron chi connectivity index (χ1n) is 5.09. The zero-order chi connectivity index (χ0) is 12.1. The molecular formula is C12H12BrN3O. The van der Waals surface area contributed by atoms with Crippen molar-refractivity contribution in [3.63, 3.8) is 0 Å². The summed E-state index contributed by atoms with van der Waals surface area (Å²) < 4.78 is 6.62. The zero-order valence-electron chi connectivity index (χ0n) is 9.06. The Morgan fingerprint density at radius 2 is 1.94 bits per heavy atom. The molecule has 0 aliphatic heterocycles. The van der Waals surface area contributed by atoms with Crippen LogP contribution in [0.4, 0.5) is 5.82 Å². The van der Waals surface area contributed by atoms with E-state index in [1.165, 1.54) is 0 Å². The van der Waals surface area contributed by atoms with Crippen molar-refractivity contribution >= 4 is 21.7 Å². The highest BCUT2D eigenvalue weighted by Crippen LogP contribution is 2.17. The number of nitrogen functional groups attached to an aromatic ring is 1. The first-order chi connectivity index (χ1) is 8.28. The van der Waals surface area contributed by atoms with Crippen LogP contribution in [0.5, 0.6) is 5.75 Å². The number of anilines is 1. The lowest BCUT2D eigenvalue weighted by Crippen LogP contribution is -2.09. The van der Waals surface area contributed by atoms with Gasteiger partial charge in [0.1, 0.15) is 18.2 Å². The van der Waals surface area contributed by atoms with Crippen molar-refractivity contribution in [1.82, 2.24) is 4.98 Å². The van der Waals surface area contributed by atoms with Gasteiger partial charge in [0.05, 0.1) is 5.69 Å². The smallest absolute Gasteiger partial charge is 0.140 e. The number of hydrogen-bond donors (Lipinski definition) is 2. The van der Waals surface area contributed by atoms with E-state index in [1.54, 1.807) is 6.07 Å². The normalized spacial score (nSPS) is 10.0. The van der Waals surface area contributed by atoms with Gasteiger partial charge in [-0.1, -0.05) is 22.0 Å². The maximum Gasteiger partial charge on any atom is 0.140 e. The van der Waals surface area contributed by atoms with Crippen LogP contribution in [0.25, 0.3) is 0 Å². The first-order valence-corrected chi connectivity index (χ1v) is 5.88. The molecule has 17 heavy (non-hydrogen) atoms. The fraction of sp³-hybridized carbons (Fsp3) is 0.0833. The number of nitrogens with one attached hydrogen (secondary N) is 1. The minimum absolute atomic E-state index is 0.414. The van der Waals surface area contributed by atoms with Crippen molar-refractivity contribution in [2.75, 3.05) is 5.43 Å². The Morgan fingerprint density at radius 3 is 2.65 bits per heavy atom. The van der Waals surface area contributed by atoms with E-state index in [2.05, 4.69) is 26.3 Å². The molecule has 0 radical (unpaired) electrons. The number of halogens is 1. The largest absolute Gasteiger partial charge is 0.487 e. The number of hydrazine groups is 1. The number of rotatable bonds is 4. The second-order valence-corrected chi connectivity index (χ2v) is 4.32. The first kappa shape index (κ1) is 11.9. The molecule has 0 fully saturated rings. The van der Waals surface area contributed by atoms with E-state index in [1.807, 2.05) is 36.4 Å². The van der Waals surface area contributed by atoms with Gasteiger partial charge in [-0.3, -0.25) is 0 Å². The van der Waals surface area contributed by atoms with E-state index in [-0.39, 0.29) is 0 Å². The molecule has 2 aromatic rings. The quantitative estimate of drug-likeness (QED) is 0.672. The average Bonchev–Trinajstić information content (AvgIpc) is 2.38. The van der Waals surface area contributed by atoms with Gasteiger partial charge in [-0.05, 0) is 36.4 Å². The number of nitrogens with two attached hydrogens (primary N) is 1. The standard InChI is InChI=1S/C12H12BrN3O/c13-9-4-6-11(7-5-9)17-8-10-2-1-3-12(15-10)16-14/h1-7H,8,14H2,(H,15,16). The molecule has 0 spiro atoms. The minimum Gasteiger partial charge on any atom is -0.487 e. The fourth-order valence-corrected chi connectivity index (χ4v) is 1.59. The third-order valence-electron chi connectivity index (χ3n) is 2.16. The average molecular weight is 294 g/mol. The molecule has 0 saturated carbocycles. The SMILES string of the molecule is NNc1cccc(COc2ccc(Br)cc2)n1. The molecule has 1 aromatic carbocycles. The maximum absolute atomic E-state index is 5.59. The lowest BCUT2D eigenvalue weighted by atomic mass is 10.3. The van der Waals surface area contributed by atoms with Gasteiger partial charge in [0.25, 0.3) is 0 Å². The number of ether oxygens (including phenoxy) is 1. The summed E-state index contributed by atoms with van der Waals surface area (Å²) in [6, 6.07) is 13.2. The van der Waals surface area contributed by atoms with Crippen LogP contribution in [0.2, 0.25) is 0 Å². The van der Waals surface area contributed by atoms with Crippen molar-refractivity contribution in [2.45, 2.75) is 6.61 Å². The maximum atomic E-state index is 5.59. The Morgan fingerprint density at radius 1 is 1.18 bits per heavy atom. The van der Waals surface area contributed by atoms with Gasteiger partial charge >= 0.3 is 0 Å². The minimum atomic E-state index is 0.414. The van der Waals surface area contributed by atoms with Crippen molar-refractivity contribution in [3.05, 3.63) is 52.6 Å². The molecular weight excluding hydrogens is 282 g/mol. The predicted molar refractivity (Wildman–Crippen MR) is 70.5 cm³/mol. The lowest BCUT2D eigenvalue weighted by Gasteiger charge is -2.06. The van der Waals surface area contributed by atoms with Gasteiger partial charge in [0, 0.05) is 4.47 Å². The molecule has 1 aromatic heterocycles. The predicted octanol–water partition coefficient (Wildman–Crippen LogP) is 2.71. The second-order valence-electron chi connectivity index (χ2n) is 3.40. The molecule has 5 heteroatoms. The molecule has 0 bridgehead atoms. The molecule has 2 rings (SSSR count). The van der Waals surface area contributed by atoms with Crippen LogP contribution < -0.4 is 16.0 Å².